The lowest BCUT2D eigenvalue weighted by molar-refractivity contribution is -0.896. The third-order valence-electron chi connectivity index (χ3n) is 4.11. The number of halogens is 6. The Labute approximate surface area is 161 Å². The Balaban J connectivity index is 1.97. The molecule has 0 N–H and O–H groups in total. The highest BCUT2D eigenvalue weighted by atomic mass is 19.4. The van der Waals surface area contributed by atoms with Crippen LogP contribution in [0.5, 0.6) is 23.0 Å². The predicted octanol–water partition coefficient (Wildman–Crippen LogP) is 4.63. The van der Waals surface area contributed by atoms with Crippen LogP contribution in [-0.2, 0) is 6.18 Å². The van der Waals surface area contributed by atoms with Gasteiger partial charge in [0, 0.05) is 16.4 Å². The van der Waals surface area contributed by atoms with Crippen molar-refractivity contribution >= 4 is 0 Å². The molecule has 1 saturated carbocycles. The molecule has 29 heavy (non-hydrogen) atoms. The number of ether oxygens (including phenoxy) is 3. The van der Waals surface area contributed by atoms with Crippen molar-refractivity contribution in [2.24, 2.45) is 0 Å². The zero-order chi connectivity index (χ0) is 21.4. The van der Waals surface area contributed by atoms with Gasteiger partial charge in [0.2, 0.25) is 0 Å². The Bertz CT molecular complexity index is 893. The number of benzene rings is 1. The number of nitrogens with zero attached hydrogens (tertiary/aromatic N) is 1. The van der Waals surface area contributed by atoms with Crippen LogP contribution in [0.2, 0.25) is 0 Å². The van der Waals surface area contributed by atoms with Gasteiger partial charge in [-0.25, -0.2) is 0 Å². The van der Waals surface area contributed by atoms with Gasteiger partial charge in [-0.15, -0.1) is 13.2 Å². The lowest BCUT2D eigenvalue weighted by atomic mass is 10.1. The van der Waals surface area contributed by atoms with E-state index in [9.17, 15) is 26.3 Å². The fourth-order valence-electron chi connectivity index (χ4n) is 2.82. The molecule has 1 heterocycles. The summed E-state index contributed by atoms with van der Waals surface area (Å²) in [4.78, 5) is 4.84. The zero-order valence-electron chi connectivity index (χ0n) is 15.2. The Hall–Kier alpha value is -2.85. The van der Waals surface area contributed by atoms with E-state index in [1.807, 2.05) is 0 Å². The maximum absolute atomic E-state index is 13.5. The number of pyridine rings is 1. The van der Waals surface area contributed by atoms with Gasteiger partial charge in [-0.3, -0.25) is 4.84 Å². The first-order valence-electron chi connectivity index (χ1n) is 8.34. The van der Waals surface area contributed by atoms with Gasteiger partial charge in [-0.1, -0.05) is 0 Å². The third kappa shape index (κ3) is 4.96. The van der Waals surface area contributed by atoms with Crippen LogP contribution in [0.3, 0.4) is 0 Å². The molecule has 1 aliphatic rings. The van der Waals surface area contributed by atoms with E-state index >= 15 is 0 Å². The van der Waals surface area contributed by atoms with Crippen LogP contribution in [0.1, 0.15) is 30.0 Å². The fraction of sp³-hybridized carbons (Fsp3) is 0.389. The maximum Gasteiger partial charge on any atom is 0.573 e. The highest BCUT2D eigenvalue weighted by Crippen LogP contribution is 2.46. The number of methoxy groups -OCH3 is 1. The van der Waals surface area contributed by atoms with Crippen LogP contribution < -0.4 is 23.8 Å². The Morgan fingerprint density at radius 2 is 1.62 bits per heavy atom. The van der Waals surface area contributed by atoms with Crippen LogP contribution in [-0.4, -0.2) is 20.6 Å². The Morgan fingerprint density at radius 3 is 2.14 bits per heavy atom. The largest absolute Gasteiger partial charge is 0.573 e. The first-order chi connectivity index (χ1) is 13.5. The summed E-state index contributed by atoms with van der Waals surface area (Å²) in [5.74, 6) is -0.903. The summed E-state index contributed by atoms with van der Waals surface area (Å²) < 4.78 is 92.5. The van der Waals surface area contributed by atoms with Crippen molar-refractivity contribution in [3.8, 4) is 23.0 Å². The molecule has 1 aliphatic carbocycles. The molecule has 1 aromatic carbocycles. The van der Waals surface area contributed by atoms with E-state index in [4.69, 9.17) is 14.3 Å². The van der Waals surface area contributed by atoms with Gasteiger partial charge in [-0.2, -0.15) is 13.2 Å². The van der Waals surface area contributed by atoms with E-state index in [0.717, 1.165) is 31.5 Å². The van der Waals surface area contributed by atoms with Gasteiger partial charge in [-0.05, 0) is 37.0 Å². The monoisotopic (exact) mass is 424 g/mol. The Kier molecular flexibility index (Phi) is 5.42. The number of rotatable bonds is 6. The summed E-state index contributed by atoms with van der Waals surface area (Å²) in [5, 5.41) is 0. The topological polar surface area (TPSA) is 40.8 Å². The second-order valence-corrected chi connectivity index (χ2v) is 6.22. The van der Waals surface area contributed by atoms with Crippen LogP contribution in [0.4, 0.5) is 26.3 Å². The fourth-order valence-corrected chi connectivity index (χ4v) is 2.82. The molecular weight excluding hydrogens is 408 g/mol. The highest BCUT2D eigenvalue weighted by molar-refractivity contribution is 5.48. The molecule has 0 spiro atoms. The van der Waals surface area contributed by atoms with Crippen molar-refractivity contribution < 1.29 is 50.1 Å². The van der Waals surface area contributed by atoms with E-state index < -0.39 is 24.0 Å². The van der Waals surface area contributed by atoms with Crippen molar-refractivity contribution in [2.75, 3.05) is 14.2 Å². The molecule has 0 bridgehead atoms. The minimum absolute atomic E-state index is 0.00420. The lowest BCUT2D eigenvalue weighted by Gasteiger charge is -2.14. The lowest BCUT2D eigenvalue weighted by Crippen LogP contribution is -2.48. The summed E-state index contributed by atoms with van der Waals surface area (Å²) in [6.45, 7) is 0. The molecule has 158 valence electrons. The summed E-state index contributed by atoms with van der Waals surface area (Å²) >= 11 is 0. The molecule has 11 heteroatoms. The van der Waals surface area contributed by atoms with Gasteiger partial charge < -0.3 is 14.2 Å². The van der Waals surface area contributed by atoms with Crippen molar-refractivity contribution in [3.63, 3.8) is 0 Å². The molecule has 1 aromatic heterocycles. The number of alkyl halides is 6. The molecule has 0 unspecified atom stereocenters. The molecular formula is C18H16F6NO4+. The third-order valence-corrected chi connectivity index (χ3v) is 4.11. The molecule has 1 fully saturated rings. The van der Waals surface area contributed by atoms with Crippen molar-refractivity contribution in [2.45, 2.75) is 31.3 Å². The second-order valence-electron chi connectivity index (χ2n) is 6.22. The molecule has 0 aliphatic heterocycles. The van der Waals surface area contributed by atoms with Crippen LogP contribution in [0.25, 0.3) is 0 Å². The molecule has 0 atom stereocenters. The van der Waals surface area contributed by atoms with Crippen molar-refractivity contribution in [3.05, 3.63) is 41.7 Å². The van der Waals surface area contributed by atoms with Crippen molar-refractivity contribution in [1.82, 2.24) is 0 Å². The summed E-state index contributed by atoms with van der Waals surface area (Å²) in [6, 6.07) is 4.36. The van der Waals surface area contributed by atoms with E-state index in [0.29, 0.717) is 17.6 Å². The molecule has 0 saturated heterocycles. The molecule has 0 amide bonds. The normalized spacial score (nSPS) is 14.5. The van der Waals surface area contributed by atoms with E-state index in [1.165, 1.54) is 13.2 Å². The van der Waals surface area contributed by atoms with E-state index in [-0.39, 0.29) is 28.7 Å². The minimum atomic E-state index is -4.88. The quantitative estimate of drug-likeness (QED) is 0.501. The van der Waals surface area contributed by atoms with Crippen molar-refractivity contribution in [1.29, 1.82) is 0 Å². The minimum Gasteiger partial charge on any atom is -0.493 e. The van der Waals surface area contributed by atoms with Crippen LogP contribution in [0.15, 0.2) is 30.5 Å². The van der Waals surface area contributed by atoms with E-state index in [2.05, 4.69) is 4.74 Å². The first kappa shape index (κ1) is 20.9. The smallest absolute Gasteiger partial charge is 0.493 e. The number of hydrogen-bond acceptors (Lipinski definition) is 4. The zero-order valence-corrected chi connectivity index (χ0v) is 15.2. The molecule has 0 radical (unpaired) electrons. The standard InChI is InChI=1S/C18H16F6NO4/c1-26-15-8-11(29-18(22,23)24)5-6-14(15)28-12-7-13(10-3-4-10)16(17(19,20)21)25(9-12)27-2/h5-10H,3-4H2,1-2H3/q+1. The molecule has 5 nitrogen and oxygen atoms in total. The Morgan fingerprint density at radius 1 is 0.931 bits per heavy atom. The average molecular weight is 424 g/mol. The maximum atomic E-state index is 13.5. The number of hydrogen-bond donors (Lipinski definition) is 0. The predicted molar refractivity (Wildman–Crippen MR) is 85.9 cm³/mol. The van der Waals surface area contributed by atoms with Gasteiger partial charge in [0.25, 0.3) is 6.20 Å². The summed E-state index contributed by atoms with van der Waals surface area (Å²) in [6.07, 6.45) is -7.33. The average Bonchev–Trinajstić information content (AvgIpc) is 3.45. The van der Waals surface area contributed by atoms with Gasteiger partial charge in [0.15, 0.2) is 17.2 Å². The number of aromatic nitrogens is 1. The summed E-state index contributed by atoms with van der Waals surface area (Å²) in [5.41, 5.74) is -0.913. The summed E-state index contributed by atoms with van der Waals surface area (Å²) in [7, 11) is 2.29. The van der Waals surface area contributed by atoms with Gasteiger partial charge in [0.05, 0.1) is 7.11 Å². The van der Waals surface area contributed by atoms with Crippen LogP contribution >= 0.6 is 0 Å². The van der Waals surface area contributed by atoms with Crippen LogP contribution in [0, 0.1) is 0 Å². The molecule has 2 aromatic rings. The SMILES string of the molecule is COc1cc(OC(F)(F)F)ccc1Oc1cc(C2CC2)c(C(F)(F)F)[n+](OC)c1. The van der Waals surface area contributed by atoms with Gasteiger partial charge >= 0.3 is 18.2 Å². The van der Waals surface area contributed by atoms with E-state index in [1.54, 1.807) is 0 Å². The van der Waals surface area contributed by atoms with Gasteiger partial charge in [0.1, 0.15) is 12.9 Å². The molecule has 3 rings (SSSR count). The second kappa shape index (κ2) is 7.53. The highest BCUT2D eigenvalue weighted by Gasteiger charge is 2.49. The first-order valence-corrected chi connectivity index (χ1v) is 8.34.